The van der Waals surface area contributed by atoms with Gasteiger partial charge in [-0.2, -0.15) is 0 Å². The van der Waals surface area contributed by atoms with E-state index in [9.17, 15) is 0 Å². The first kappa shape index (κ1) is 51.1. The molecule has 0 spiro atoms. The second-order valence-corrected chi connectivity index (χ2v) is 28.4. The van der Waals surface area contributed by atoms with Crippen LogP contribution < -0.4 is 88.7 Å². The molecule has 0 saturated heterocycles. The molecule has 0 bridgehead atoms. The Balaban J connectivity index is 1.84. The number of methoxy groups -OCH3 is 12. The van der Waals surface area contributed by atoms with Crippen molar-refractivity contribution in [2.75, 3.05) is 91.5 Å². The van der Waals surface area contributed by atoms with E-state index < -0.39 is 17.5 Å². The van der Waals surface area contributed by atoms with Crippen LogP contribution in [0, 0.1) is 0 Å². The van der Waals surface area contributed by atoms with Gasteiger partial charge in [-0.1, -0.05) is 0 Å². The first-order valence-corrected chi connectivity index (χ1v) is 26.9. The molecule has 0 N–H and O–H groups in total. The van der Waals surface area contributed by atoms with Crippen LogP contribution in [-0.2, 0) is 0 Å². The van der Waals surface area contributed by atoms with Gasteiger partial charge < -0.3 is 0 Å². The summed E-state index contributed by atoms with van der Waals surface area (Å²) in [5.41, 5.74) is 0. The van der Waals surface area contributed by atoms with E-state index in [1.807, 2.05) is 72.8 Å². The third-order valence-corrected chi connectivity index (χ3v) is 26.8. The van der Waals surface area contributed by atoms with Crippen molar-refractivity contribution in [1.29, 1.82) is 0 Å². The van der Waals surface area contributed by atoms with E-state index in [0.717, 1.165) is 31.8 Å². The minimum atomic E-state index is -3.81. The molecule has 0 atom stereocenters. The molecule has 6 aromatic carbocycles. The molecule has 0 unspecified atom stereocenters. The molecule has 6 aromatic rings. The van der Waals surface area contributed by atoms with E-state index in [0.29, 0.717) is 81.6 Å². The first-order valence-electron chi connectivity index (χ1n) is 21.1. The predicted molar refractivity (Wildman–Crippen MR) is 282 cm³/mol. The summed E-state index contributed by atoms with van der Waals surface area (Å²) < 4.78 is 72.0. The molecule has 12 nitrogen and oxygen atoms in total. The summed E-state index contributed by atoms with van der Waals surface area (Å²) in [6.45, 7) is 0. The number of hydrogen-bond donors (Lipinski definition) is 0. The van der Waals surface area contributed by atoms with E-state index in [1.54, 1.807) is 85.3 Å². The molecule has 67 heavy (non-hydrogen) atoms. The average Bonchev–Trinajstić information content (AvgIpc) is 3.38. The van der Waals surface area contributed by atoms with Crippen LogP contribution in [0.5, 0.6) is 69.0 Å². The summed E-state index contributed by atoms with van der Waals surface area (Å²) in [5.74, 6) is 7.46. The third-order valence-electron chi connectivity index (χ3n) is 12.4. The first-order chi connectivity index (χ1) is 32.4. The van der Waals surface area contributed by atoms with Gasteiger partial charge in [-0.25, -0.2) is 0 Å². The molecule has 0 aliphatic carbocycles. The van der Waals surface area contributed by atoms with Gasteiger partial charge in [0, 0.05) is 0 Å². The SMILES string of the molecule is COc1ccc([PH](CCC(Br)(Br)[PH](c2ccc(OC)cc2OC)(c2ccc(OC)cc2OC)c2ccc(OC)cc2OC)(c2ccc(OC)cc2OC)c2ccc(OC)cc2OC)c(OC)c1. The Hall–Kier alpha value is -5.26. The van der Waals surface area contributed by atoms with Crippen molar-refractivity contribution < 1.29 is 56.8 Å². The van der Waals surface area contributed by atoms with Gasteiger partial charge in [0.05, 0.1) is 0 Å². The summed E-state index contributed by atoms with van der Waals surface area (Å²) >= 11 is 9.09. The molecule has 0 fully saturated rings. The number of alkyl halides is 2. The van der Waals surface area contributed by atoms with Gasteiger partial charge in [0.2, 0.25) is 0 Å². The van der Waals surface area contributed by atoms with Crippen LogP contribution in [0.1, 0.15) is 6.42 Å². The van der Waals surface area contributed by atoms with E-state index in [4.69, 9.17) is 56.8 Å². The van der Waals surface area contributed by atoms with Crippen LogP contribution in [0.2, 0.25) is 0 Å². The Morgan fingerprint density at radius 1 is 0.313 bits per heavy atom. The van der Waals surface area contributed by atoms with Gasteiger partial charge in [-0.3, -0.25) is 0 Å². The Bertz CT molecular complexity index is 2390. The number of hydrogen-bond acceptors (Lipinski definition) is 12. The van der Waals surface area contributed by atoms with Crippen molar-refractivity contribution in [1.82, 2.24) is 0 Å². The van der Waals surface area contributed by atoms with Crippen LogP contribution >= 0.6 is 46.4 Å². The van der Waals surface area contributed by atoms with Crippen LogP contribution in [0.25, 0.3) is 0 Å². The predicted octanol–water partition coefficient (Wildman–Crippen LogP) is 8.38. The van der Waals surface area contributed by atoms with E-state index in [-0.39, 0.29) is 0 Å². The number of rotatable bonds is 22. The van der Waals surface area contributed by atoms with E-state index in [1.165, 1.54) is 0 Å². The Morgan fingerprint density at radius 3 is 0.731 bits per heavy atom. The number of halogens is 2. The van der Waals surface area contributed by atoms with Crippen molar-refractivity contribution in [2.24, 2.45) is 0 Å². The zero-order valence-electron chi connectivity index (χ0n) is 40.0. The second kappa shape index (κ2) is 22.2. The van der Waals surface area contributed by atoms with Gasteiger partial charge in [0.25, 0.3) is 0 Å². The molecule has 360 valence electrons. The standard InChI is InChI=1S/C51H60Br2O12P2/c1-54-33-13-19-45(39(27-33)60-7)66(46-20-14-34(55-2)28-40(46)61-8,47-21-15-35(56-3)29-41(47)62-9)26-25-51(52,53)67(48-22-16-36(57-4)30-42(48)63-10,49-23-17-37(58-5)31-43(49)64-11)50-24-18-38(59-6)32-44(50)65-12/h13-24,27-32,66-67H,25-26H2,1-12H3. The van der Waals surface area contributed by atoms with Crippen LogP contribution in [0.4, 0.5) is 0 Å². The molecule has 0 aliphatic heterocycles. The molecule has 0 saturated carbocycles. The number of ether oxygens (including phenoxy) is 12. The number of benzene rings is 6. The zero-order valence-corrected chi connectivity index (χ0v) is 45.1. The minimum absolute atomic E-state index is 0.435. The molecular weight excluding hydrogens is 1030 g/mol. The maximum absolute atomic E-state index is 6.38. The summed E-state index contributed by atoms with van der Waals surface area (Å²) in [7, 11) is 12.5. The van der Waals surface area contributed by atoms with E-state index in [2.05, 4.69) is 68.3 Å². The molecule has 0 heterocycles. The normalized spacial score (nSPS) is 12.0. The molecule has 0 aromatic heterocycles. The molecule has 6 rings (SSSR count). The Morgan fingerprint density at radius 2 is 0.522 bits per heavy atom. The van der Waals surface area contributed by atoms with Crippen molar-refractivity contribution in [3.63, 3.8) is 0 Å². The molecular formula is C51H60Br2O12P2. The Kier molecular flexibility index (Phi) is 17.0. The van der Waals surface area contributed by atoms with Crippen molar-refractivity contribution in [3.8, 4) is 69.0 Å². The summed E-state index contributed by atoms with van der Waals surface area (Å²) in [4.78, 5) is 0. The van der Waals surface area contributed by atoms with Crippen LogP contribution in [0.15, 0.2) is 109 Å². The summed E-state index contributed by atoms with van der Waals surface area (Å²) in [6, 6.07) is 35.7. The van der Waals surface area contributed by atoms with E-state index >= 15 is 0 Å². The third kappa shape index (κ3) is 9.47. The van der Waals surface area contributed by atoms with Gasteiger partial charge in [0.15, 0.2) is 0 Å². The van der Waals surface area contributed by atoms with Crippen molar-refractivity contribution in [3.05, 3.63) is 109 Å². The summed E-state index contributed by atoms with van der Waals surface area (Å²) in [6.07, 6.45) is 0.937. The fraction of sp³-hybridized carbons (Fsp3) is 0.294. The Labute approximate surface area is 411 Å². The molecule has 0 amide bonds. The zero-order chi connectivity index (χ0) is 48.5. The topological polar surface area (TPSA) is 111 Å². The van der Waals surface area contributed by atoms with Gasteiger partial charge in [0.1, 0.15) is 0 Å². The molecule has 0 radical (unpaired) electrons. The molecule has 16 heteroatoms. The molecule has 0 aliphatic rings. The quantitative estimate of drug-likeness (QED) is 0.0482. The van der Waals surface area contributed by atoms with Gasteiger partial charge in [-0.05, 0) is 0 Å². The monoisotopic (exact) mass is 1080 g/mol. The average molecular weight is 1090 g/mol. The van der Waals surface area contributed by atoms with Gasteiger partial charge in [-0.15, -0.1) is 0 Å². The van der Waals surface area contributed by atoms with Crippen LogP contribution in [0.3, 0.4) is 0 Å². The summed E-state index contributed by atoms with van der Waals surface area (Å²) in [5, 5.41) is 5.48. The van der Waals surface area contributed by atoms with Crippen LogP contribution in [-0.4, -0.2) is 94.5 Å². The van der Waals surface area contributed by atoms with Crippen molar-refractivity contribution >= 4 is 78.2 Å². The van der Waals surface area contributed by atoms with Crippen molar-refractivity contribution in [2.45, 2.75) is 9.40 Å². The van der Waals surface area contributed by atoms with Gasteiger partial charge >= 0.3 is 414 Å². The fourth-order valence-electron chi connectivity index (χ4n) is 9.18. The second-order valence-electron chi connectivity index (χ2n) is 15.3. The maximum atomic E-state index is 6.38. The fourth-order valence-corrected chi connectivity index (χ4v) is 24.9.